The third-order valence-corrected chi connectivity index (χ3v) is 4.07. The smallest absolute Gasteiger partial charge is 0.0713 e. The summed E-state index contributed by atoms with van der Waals surface area (Å²) in [5.74, 6) is 0.942. The first-order valence-corrected chi connectivity index (χ1v) is 6.68. The number of rotatable bonds is 3. The van der Waals surface area contributed by atoms with E-state index < -0.39 is 0 Å². The molecule has 1 aliphatic carbocycles. The van der Waals surface area contributed by atoms with Crippen molar-refractivity contribution in [1.29, 1.82) is 0 Å². The van der Waals surface area contributed by atoms with Gasteiger partial charge in [0.1, 0.15) is 0 Å². The van der Waals surface area contributed by atoms with Crippen LogP contribution in [0.15, 0.2) is 30.5 Å². The number of benzene rings is 1. The largest absolute Gasteiger partial charge is 0.397 e. The van der Waals surface area contributed by atoms with Gasteiger partial charge in [0.15, 0.2) is 0 Å². The maximum atomic E-state index is 6.06. The van der Waals surface area contributed by atoms with E-state index in [2.05, 4.69) is 22.9 Å². The quantitative estimate of drug-likeness (QED) is 0.796. The molecule has 1 aromatic carbocycles. The Hall–Kier alpha value is -1.44. The third-order valence-electron chi connectivity index (χ3n) is 4.07. The summed E-state index contributed by atoms with van der Waals surface area (Å²) in [6.07, 6.45) is 9.19. The van der Waals surface area contributed by atoms with E-state index in [9.17, 15) is 0 Å². The van der Waals surface area contributed by atoms with Crippen molar-refractivity contribution in [2.45, 2.75) is 38.6 Å². The minimum absolute atomic E-state index is 0.902. The van der Waals surface area contributed by atoms with Gasteiger partial charge in [0.05, 0.1) is 11.2 Å². The predicted molar refractivity (Wildman–Crippen MR) is 72.9 cm³/mol. The molecule has 0 saturated heterocycles. The fourth-order valence-electron chi connectivity index (χ4n) is 3.10. The highest BCUT2D eigenvalue weighted by molar-refractivity contribution is 5.90. The minimum atomic E-state index is 0.902. The summed E-state index contributed by atoms with van der Waals surface area (Å²) < 4.78 is 2.32. The van der Waals surface area contributed by atoms with Crippen molar-refractivity contribution in [3.63, 3.8) is 0 Å². The Morgan fingerprint density at radius 2 is 2.00 bits per heavy atom. The summed E-state index contributed by atoms with van der Waals surface area (Å²) >= 11 is 0. The summed E-state index contributed by atoms with van der Waals surface area (Å²) in [6, 6.07) is 8.32. The number of nitrogens with zero attached hydrogens (tertiary/aromatic N) is 1. The van der Waals surface area contributed by atoms with Gasteiger partial charge in [0, 0.05) is 18.1 Å². The van der Waals surface area contributed by atoms with Crippen molar-refractivity contribution in [2.24, 2.45) is 5.92 Å². The van der Waals surface area contributed by atoms with Crippen LogP contribution in [0.3, 0.4) is 0 Å². The highest BCUT2D eigenvalue weighted by Gasteiger charge is 2.15. The number of fused-ring (bicyclic) bond motifs is 1. The summed E-state index contributed by atoms with van der Waals surface area (Å²) in [4.78, 5) is 0. The van der Waals surface area contributed by atoms with Gasteiger partial charge in [-0.1, -0.05) is 37.8 Å². The first-order valence-electron chi connectivity index (χ1n) is 6.68. The molecule has 17 heavy (non-hydrogen) atoms. The lowest BCUT2D eigenvalue weighted by Crippen LogP contribution is -2.03. The highest BCUT2D eigenvalue weighted by atomic mass is 15.0. The van der Waals surface area contributed by atoms with Crippen LogP contribution in [0.2, 0.25) is 0 Å². The van der Waals surface area contributed by atoms with Crippen LogP contribution >= 0.6 is 0 Å². The van der Waals surface area contributed by atoms with Crippen molar-refractivity contribution in [3.05, 3.63) is 30.5 Å². The van der Waals surface area contributed by atoms with Crippen LogP contribution in [0.4, 0.5) is 5.69 Å². The van der Waals surface area contributed by atoms with Crippen LogP contribution in [-0.4, -0.2) is 4.57 Å². The third kappa shape index (κ3) is 2.04. The van der Waals surface area contributed by atoms with Gasteiger partial charge in [0.2, 0.25) is 0 Å². The van der Waals surface area contributed by atoms with Crippen LogP contribution in [0.1, 0.15) is 32.1 Å². The van der Waals surface area contributed by atoms with E-state index in [1.54, 1.807) is 0 Å². The summed E-state index contributed by atoms with van der Waals surface area (Å²) in [7, 11) is 0. The average Bonchev–Trinajstić information content (AvgIpc) is 2.95. The standard InChI is InChI=1S/C15H20N2/c16-14-7-3-6-13-9-11-17(15(13)14)10-8-12-4-1-2-5-12/h3,6-7,9,11-12H,1-2,4-5,8,10,16H2. The molecule has 0 aliphatic heterocycles. The number of nitrogen functional groups attached to an aromatic ring is 1. The van der Waals surface area contributed by atoms with Crippen molar-refractivity contribution in [1.82, 2.24) is 4.57 Å². The molecule has 0 atom stereocenters. The lowest BCUT2D eigenvalue weighted by atomic mass is 10.0. The zero-order valence-corrected chi connectivity index (χ0v) is 10.2. The second kappa shape index (κ2) is 4.44. The van der Waals surface area contributed by atoms with E-state index in [-0.39, 0.29) is 0 Å². The van der Waals surface area contributed by atoms with Gasteiger partial charge in [-0.25, -0.2) is 0 Å². The number of para-hydroxylation sites is 1. The molecule has 0 unspecified atom stereocenters. The number of anilines is 1. The molecule has 2 heteroatoms. The molecule has 2 N–H and O–H groups in total. The van der Waals surface area contributed by atoms with Crippen LogP contribution < -0.4 is 5.73 Å². The summed E-state index contributed by atoms with van der Waals surface area (Å²) in [5, 5.41) is 1.26. The normalized spacial score (nSPS) is 16.9. The van der Waals surface area contributed by atoms with E-state index >= 15 is 0 Å². The Bertz CT molecular complexity index is 507. The highest BCUT2D eigenvalue weighted by Crippen LogP contribution is 2.29. The van der Waals surface area contributed by atoms with Gasteiger partial charge < -0.3 is 10.3 Å². The van der Waals surface area contributed by atoms with Gasteiger partial charge in [-0.05, 0) is 24.5 Å². The molecule has 0 spiro atoms. The molecule has 0 amide bonds. The zero-order valence-electron chi connectivity index (χ0n) is 10.2. The second-order valence-corrected chi connectivity index (χ2v) is 5.23. The molecule has 90 valence electrons. The molecule has 1 aromatic heterocycles. The molecule has 1 aliphatic rings. The van der Waals surface area contributed by atoms with E-state index in [0.29, 0.717) is 0 Å². The number of aromatic nitrogens is 1. The molecule has 1 saturated carbocycles. The Labute approximate surface area is 102 Å². The van der Waals surface area contributed by atoms with Gasteiger partial charge >= 0.3 is 0 Å². The van der Waals surface area contributed by atoms with Gasteiger partial charge in [-0.3, -0.25) is 0 Å². The van der Waals surface area contributed by atoms with Gasteiger partial charge in [0.25, 0.3) is 0 Å². The SMILES string of the molecule is Nc1cccc2ccn(CCC3CCCC3)c12. The first-order chi connectivity index (χ1) is 8.34. The van der Waals surface area contributed by atoms with Crippen molar-refractivity contribution < 1.29 is 0 Å². The van der Waals surface area contributed by atoms with Crippen LogP contribution in [0.5, 0.6) is 0 Å². The Kier molecular flexibility index (Phi) is 2.79. The number of aryl methyl sites for hydroxylation is 1. The molecule has 0 bridgehead atoms. The van der Waals surface area contributed by atoms with Crippen molar-refractivity contribution in [2.75, 3.05) is 5.73 Å². The number of hydrogen-bond acceptors (Lipinski definition) is 1. The molecular formula is C15H20N2. The second-order valence-electron chi connectivity index (χ2n) is 5.23. The minimum Gasteiger partial charge on any atom is -0.397 e. The van der Waals surface area contributed by atoms with Crippen LogP contribution in [-0.2, 0) is 6.54 Å². The number of nitrogens with two attached hydrogens (primary N) is 1. The number of hydrogen-bond donors (Lipinski definition) is 1. The fourth-order valence-corrected chi connectivity index (χ4v) is 3.10. The summed E-state index contributed by atoms with van der Waals surface area (Å²) in [5.41, 5.74) is 8.18. The average molecular weight is 228 g/mol. The monoisotopic (exact) mass is 228 g/mol. The van der Waals surface area contributed by atoms with Gasteiger partial charge in [-0.2, -0.15) is 0 Å². The molecule has 1 fully saturated rings. The van der Waals surface area contributed by atoms with Gasteiger partial charge in [-0.15, -0.1) is 0 Å². The Balaban J connectivity index is 1.80. The van der Waals surface area contributed by atoms with E-state index in [4.69, 9.17) is 5.73 Å². The Morgan fingerprint density at radius 3 is 2.82 bits per heavy atom. The van der Waals surface area contributed by atoms with E-state index in [1.807, 2.05) is 12.1 Å². The fraction of sp³-hybridized carbons (Fsp3) is 0.467. The maximum Gasteiger partial charge on any atom is 0.0713 e. The maximum absolute atomic E-state index is 6.06. The van der Waals surface area contributed by atoms with E-state index in [0.717, 1.165) is 18.2 Å². The topological polar surface area (TPSA) is 30.9 Å². The van der Waals surface area contributed by atoms with Crippen LogP contribution in [0.25, 0.3) is 10.9 Å². The van der Waals surface area contributed by atoms with Crippen LogP contribution in [0, 0.1) is 5.92 Å². The molecule has 0 radical (unpaired) electrons. The molecule has 3 rings (SSSR count). The predicted octanol–water partition coefficient (Wildman–Crippen LogP) is 3.80. The lowest BCUT2D eigenvalue weighted by molar-refractivity contribution is 0.463. The Morgan fingerprint density at radius 1 is 1.18 bits per heavy atom. The molecular weight excluding hydrogens is 208 g/mol. The molecule has 2 nitrogen and oxygen atoms in total. The first kappa shape index (κ1) is 10.7. The molecule has 2 aromatic rings. The molecule has 1 heterocycles. The van der Waals surface area contributed by atoms with E-state index in [1.165, 1.54) is 43.0 Å². The van der Waals surface area contributed by atoms with Crippen molar-refractivity contribution >= 4 is 16.6 Å². The zero-order chi connectivity index (χ0) is 11.7. The summed E-state index contributed by atoms with van der Waals surface area (Å²) in [6.45, 7) is 1.11. The van der Waals surface area contributed by atoms with Crippen molar-refractivity contribution in [3.8, 4) is 0 Å². The lowest BCUT2D eigenvalue weighted by Gasteiger charge is -2.11.